The van der Waals surface area contributed by atoms with Crippen LogP contribution in [-0.4, -0.2) is 19.1 Å². The molecule has 0 aliphatic rings. The highest BCUT2D eigenvalue weighted by Gasteiger charge is 2.21. The lowest BCUT2D eigenvalue weighted by Crippen LogP contribution is -2.03. The molecule has 0 fully saturated rings. The van der Waals surface area contributed by atoms with Gasteiger partial charge in [-0.25, -0.2) is 9.97 Å². The second-order valence-corrected chi connectivity index (χ2v) is 10.3. The quantitative estimate of drug-likeness (QED) is 0.231. The van der Waals surface area contributed by atoms with Crippen molar-refractivity contribution < 1.29 is 4.42 Å². The van der Waals surface area contributed by atoms with Crippen molar-refractivity contribution in [3.8, 4) is 22.9 Å². The molecule has 4 aromatic heterocycles. The van der Waals surface area contributed by atoms with Crippen molar-refractivity contribution in [3.63, 3.8) is 0 Å². The fraction of sp³-hybridized carbons (Fsp3) is 0. The Morgan fingerprint density at radius 3 is 1.76 bits per heavy atom. The number of rotatable bonds is 3. The number of para-hydroxylation sites is 5. The summed E-state index contributed by atoms with van der Waals surface area (Å²) in [5.41, 5.74) is 8.14. The number of benzene rings is 5. The van der Waals surface area contributed by atoms with Crippen molar-refractivity contribution in [3.05, 3.63) is 134 Å². The normalized spacial score (nSPS) is 11.9. The standard InChI is InChI=1S/C36H22N4O/c1-2-11-23(12-3-1)39-31-18-7-6-15-26(31)27-16-10-17-28(35(27)39)34-29-21-41-22-30(29)37-36(38-34)40-32-19-8-4-13-24(32)25-14-5-9-20-33(25)40/h1-22H. The Kier molecular flexibility index (Phi) is 4.55. The lowest BCUT2D eigenvalue weighted by Gasteiger charge is -2.13. The van der Waals surface area contributed by atoms with E-state index in [1.54, 1.807) is 12.5 Å². The molecule has 0 spiro atoms. The van der Waals surface area contributed by atoms with Crippen LogP contribution in [0.2, 0.25) is 0 Å². The van der Waals surface area contributed by atoms with Gasteiger partial charge in [0.1, 0.15) is 18.0 Å². The topological polar surface area (TPSA) is 48.8 Å². The van der Waals surface area contributed by atoms with Gasteiger partial charge >= 0.3 is 0 Å². The van der Waals surface area contributed by atoms with Gasteiger partial charge in [-0.3, -0.25) is 4.57 Å². The molecule has 0 bridgehead atoms. The fourth-order valence-electron chi connectivity index (χ4n) is 6.35. The third-order valence-corrected chi connectivity index (χ3v) is 8.07. The van der Waals surface area contributed by atoms with Crippen LogP contribution in [0.15, 0.2) is 138 Å². The van der Waals surface area contributed by atoms with Gasteiger partial charge in [0.2, 0.25) is 5.95 Å². The molecule has 192 valence electrons. The van der Waals surface area contributed by atoms with Gasteiger partial charge in [-0.15, -0.1) is 0 Å². The van der Waals surface area contributed by atoms with E-state index in [0.29, 0.717) is 5.95 Å². The fourth-order valence-corrected chi connectivity index (χ4v) is 6.35. The second kappa shape index (κ2) is 8.41. The Morgan fingerprint density at radius 2 is 1.05 bits per heavy atom. The SMILES string of the molecule is c1ccc(-n2c3ccccc3c3cccc(-c4nc(-n5c6ccccc6c6ccccc65)nc5cocc45)c32)cc1. The molecular formula is C36H22N4O. The number of hydrogen-bond acceptors (Lipinski definition) is 3. The van der Waals surface area contributed by atoms with Crippen molar-refractivity contribution in [1.29, 1.82) is 0 Å². The minimum Gasteiger partial charge on any atom is -0.470 e. The zero-order valence-electron chi connectivity index (χ0n) is 21.9. The lowest BCUT2D eigenvalue weighted by atomic mass is 10.0. The van der Waals surface area contributed by atoms with Crippen molar-refractivity contribution in [1.82, 2.24) is 19.1 Å². The van der Waals surface area contributed by atoms with E-state index in [4.69, 9.17) is 14.4 Å². The minimum absolute atomic E-state index is 0.616. The first-order valence-electron chi connectivity index (χ1n) is 13.7. The van der Waals surface area contributed by atoms with Gasteiger partial charge in [0.25, 0.3) is 0 Å². The largest absolute Gasteiger partial charge is 0.470 e. The summed E-state index contributed by atoms with van der Waals surface area (Å²) in [7, 11) is 0. The molecule has 0 saturated carbocycles. The van der Waals surface area contributed by atoms with Crippen LogP contribution < -0.4 is 0 Å². The van der Waals surface area contributed by atoms with E-state index in [1.807, 2.05) is 0 Å². The summed E-state index contributed by atoms with van der Waals surface area (Å²) in [6.45, 7) is 0. The van der Waals surface area contributed by atoms with Crippen LogP contribution >= 0.6 is 0 Å². The summed E-state index contributed by atoms with van der Waals surface area (Å²) in [4.78, 5) is 10.3. The highest BCUT2D eigenvalue weighted by atomic mass is 16.3. The monoisotopic (exact) mass is 526 g/mol. The Bertz CT molecular complexity index is 2370. The molecule has 0 N–H and O–H groups in total. The van der Waals surface area contributed by atoms with E-state index in [2.05, 4.69) is 130 Å². The van der Waals surface area contributed by atoms with Gasteiger partial charge in [0.05, 0.1) is 33.1 Å². The predicted octanol–water partition coefficient (Wildman–Crippen LogP) is 9.08. The maximum atomic E-state index is 5.74. The molecule has 9 rings (SSSR count). The molecule has 9 aromatic rings. The molecule has 0 amide bonds. The summed E-state index contributed by atoms with van der Waals surface area (Å²) in [5, 5.41) is 5.61. The van der Waals surface area contributed by atoms with Crippen LogP contribution in [-0.2, 0) is 0 Å². The van der Waals surface area contributed by atoms with Crippen LogP contribution in [0.4, 0.5) is 0 Å². The average molecular weight is 527 g/mol. The van der Waals surface area contributed by atoms with Crippen molar-refractivity contribution >= 4 is 54.5 Å². The molecule has 5 nitrogen and oxygen atoms in total. The third kappa shape index (κ3) is 3.11. The Balaban J connectivity index is 1.42. The summed E-state index contributed by atoms with van der Waals surface area (Å²) < 4.78 is 10.2. The number of fused-ring (bicyclic) bond motifs is 7. The first kappa shape index (κ1) is 22.2. The third-order valence-electron chi connectivity index (χ3n) is 8.07. The summed E-state index contributed by atoms with van der Waals surface area (Å²) >= 11 is 0. The Hall–Kier alpha value is -5.68. The molecule has 5 aromatic carbocycles. The molecule has 0 aliphatic heterocycles. The number of aromatic nitrogens is 4. The smallest absolute Gasteiger partial charge is 0.235 e. The predicted molar refractivity (Wildman–Crippen MR) is 166 cm³/mol. The van der Waals surface area contributed by atoms with Gasteiger partial charge in [0.15, 0.2) is 0 Å². The van der Waals surface area contributed by atoms with Crippen LogP contribution in [0.1, 0.15) is 0 Å². The number of hydrogen-bond donors (Lipinski definition) is 0. The number of nitrogens with zero attached hydrogens (tertiary/aromatic N) is 4. The maximum absolute atomic E-state index is 5.74. The van der Waals surface area contributed by atoms with E-state index in [9.17, 15) is 0 Å². The zero-order chi connectivity index (χ0) is 26.9. The van der Waals surface area contributed by atoms with E-state index in [0.717, 1.165) is 49.9 Å². The van der Waals surface area contributed by atoms with E-state index in [1.165, 1.54) is 21.5 Å². The first-order valence-corrected chi connectivity index (χ1v) is 13.7. The molecule has 0 radical (unpaired) electrons. The van der Waals surface area contributed by atoms with Gasteiger partial charge in [0, 0.05) is 32.8 Å². The molecule has 5 heteroatoms. The molecule has 0 saturated heterocycles. The summed E-state index contributed by atoms with van der Waals surface area (Å²) in [6, 6.07) is 42.4. The molecule has 0 aliphatic carbocycles. The highest BCUT2D eigenvalue weighted by molar-refractivity contribution is 6.15. The highest BCUT2D eigenvalue weighted by Crippen LogP contribution is 2.40. The van der Waals surface area contributed by atoms with Crippen LogP contribution in [0, 0.1) is 0 Å². The molecular weight excluding hydrogens is 504 g/mol. The van der Waals surface area contributed by atoms with E-state index in [-0.39, 0.29) is 0 Å². The Morgan fingerprint density at radius 1 is 0.463 bits per heavy atom. The van der Waals surface area contributed by atoms with E-state index >= 15 is 0 Å². The van der Waals surface area contributed by atoms with Crippen LogP contribution in [0.25, 0.3) is 77.4 Å². The van der Waals surface area contributed by atoms with Crippen LogP contribution in [0.5, 0.6) is 0 Å². The first-order chi connectivity index (χ1) is 20.4. The molecule has 4 heterocycles. The zero-order valence-corrected chi connectivity index (χ0v) is 21.9. The molecule has 0 atom stereocenters. The van der Waals surface area contributed by atoms with Crippen LogP contribution in [0.3, 0.4) is 0 Å². The van der Waals surface area contributed by atoms with Crippen molar-refractivity contribution in [2.75, 3.05) is 0 Å². The Labute approximate surface area is 234 Å². The minimum atomic E-state index is 0.616. The lowest BCUT2D eigenvalue weighted by molar-refractivity contribution is 0.572. The van der Waals surface area contributed by atoms with Crippen molar-refractivity contribution in [2.24, 2.45) is 0 Å². The van der Waals surface area contributed by atoms with E-state index < -0.39 is 0 Å². The van der Waals surface area contributed by atoms with Crippen molar-refractivity contribution in [2.45, 2.75) is 0 Å². The summed E-state index contributed by atoms with van der Waals surface area (Å²) in [6.07, 6.45) is 3.47. The van der Waals surface area contributed by atoms with Gasteiger partial charge < -0.3 is 8.98 Å². The second-order valence-electron chi connectivity index (χ2n) is 10.3. The van der Waals surface area contributed by atoms with Gasteiger partial charge in [-0.05, 0) is 30.3 Å². The number of furan rings is 1. The maximum Gasteiger partial charge on any atom is 0.235 e. The molecule has 41 heavy (non-hydrogen) atoms. The van der Waals surface area contributed by atoms with Gasteiger partial charge in [-0.2, -0.15) is 0 Å². The average Bonchev–Trinajstić information content (AvgIpc) is 3.73. The summed E-state index contributed by atoms with van der Waals surface area (Å²) in [5.74, 6) is 0.616. The van der Waals surface area contributed by atoms with Gasteiger partial charge in [-0.1, -0.05) is 91.0 Å². The molecule has 0 unspecified atom stereocenters.